The first-order chi connectivity index (χ1) is 21.9. The zero-order valence-electron chi connectivity index (χ0n) is 26.6. The fourth-order valence-electron chi connectivity index (χ4n) is 4.27. The van der Waals surface area contributed by atoms with Gasteiger partial charge in [0.1, 0.15) is 24.3 Å². The van der Waals surface area contributed by atoms with Crippen molar-refractivity contribution in [3.05, 3.63) is 78.0 Å². The van der Waals surface area contributed by atoms with E-state index in [9.17, 15) is 27.6 Å². The molecule has 0 aliphatic rings. The van der Waals surface area contributed by atoms with Crippen LogP contribution in [0.2, 0.25) is 0 Å². The van der Waals surface area contributed by atoms with Gasteiger partial charge in [-0.05, 0) is 77.9 Å². The summed E-state index contributed by atoms with van der Waals surface area (Å²) in [5.41, 5.74) is -1.88. The van der Waals surface area contributed by atoms with Gasteiger partial charge in [0.15, 0.2) is 0 Å². The Morgan fingerprint density at radius 2 is 1.40 bits per heavy atom. The molecule has 47 heavy (non-hydrogen) atoms. The third-order valence-electron chi connectivity index (χ3n) is 5.99. The van der Waals surface area contributed by atoms with E-state index in [0.29, 0.717) is 10.9 Å². The number of benzene rings is 2. The third-order valence-corrected chi connectivity index (χ3v) is 5.99. The number of halogens is 3. The summed E-state index contributed by atoms with van der Waals surface area (Å²) in [6, 6.07) is 13.6. The van der Waals surface area contributed by atoms with Crippen molar-refractivity contribution in [1.29, 1.82) is 0 Å². The SMILES string of the molecule is CC(C)(C)OC(=O)CN(CC(=O)OC(C)(C)C)c1nccc(Oc2ccc3c(C(=O)Nc4cccc(C(F)(F)F)c4)cccc3n2)n1. The quantitative estimate of drug-likeness (QED) is 0.198. The molecule has 0 saturated carbocycles. The van der Waals surface area contributed by atoms with Crippen LogP contribution in [0.1, 0.15) is 57.5 Å². The Kier molecular flexibility index (Phi) is 10.0. The minimum atomic E-state index is -4.56. The van der Waals surface area contributed by atoms with E-state index in [0.717, 1.165) is 12.1 Å². The van der Waals surface area contributed by atoms with Crippen LogP contribution in [0.15, 0.2) is 66.9 Å². The molecule has 0 aliphatic carbocycles. The summed E-state index contributed by atoms with van der Waals surface area (Å²) in [7, 11) is 0. The van der Waals surface area contributed by atoms with Crippen molar-refractivity contribution in [2.24, 2.45) is 0 Å². The zero-order valence-corrected chi connectivity index (χ0v) is 26.6. The first-order valence-corrected chi connectivity index (χ1v) is 14.4. The van der Waals surface area contributed by atoms with E-state index in [1.165, 1.54) is 41.4 Å². The van der Waals surface area contributed by atoms with E-state index < -0.39 is 40.8 Å². The topological polar surface area (TPSA) is 133 Å². The number of nitrogens with zero attached hydrogens (tertiary/aromatic N) is 4. The summed E-state index contributed by atoms with van der Waals surface area (Å²) in [6.07, 6.45) is -3.18. The molecule has 0 aliphatic heterocycles. The highest BCUT2D eigenvalue weighted by molar-refractivity contribution is 6.12. The van der Waals surface area contributed by atoms with Gasteiger partial charge in [0.05, 0.1) is 11.1 Å². The van der Waals surface area contributed by atoms with Crippen molar-refractivity contribution < 1.29 is 41.8 Å². The highest BCUT2D eigenvalue weighted by Crippen LogP contribution is 2.31. The summed E-state index contributed by atoms with van der Waals surface area (Å²) < 4.78 is 56.0. The first kappa shape index (κ1) is 34.6. The number of pyridine rings is 1. The van der Waals surface area contributed by atoms with Crippen molar-refractivity contribution in [1.82, 2.24) is 15.0 Å². The number of fused-ring (bicyclic) bond motifs is 1. The van der Waals surface area contributed by atoms with Crippen molar-refractivity contribution in [2.75, 3.05) is 23.3 Å². The number of hydrogen-bond donors (Lipinski definition) is 1. The molecule has 4 rings (SSSR count). The van der Waals surface area contributed by atoms with Gasteiger partial charge in [-0.1, -0.05) is 12.1 Å². The van der Waals surface area contributed by atoms with E-state index in [-0.39, 0.29) is 42.0 Å². The molecule has 4 aromatic rings. The lowest BCUT2D eigenvalue weighted by Gasteiger charge is -2.26. The predicted molar refractivity (Wildman–Crippen MR) is 167 cm³/mol. The van der Waals surface area contributed by atoms with E-state index in [4.69, 9.17) is 14.2 Å². The summed E-state index contributed by atoms with van der Waals surface area (Å²) in [6.45, 7) is 9.62. The number of esters is 2. The van der Waals surface area contributed by atoms with Crippen LogP contribution in [-0.2, 0) is 25.2 Å². The van der Waals surface area contributed by atoms with Gasteiger partial charge in [-0.3, -0.25) is 14.4 Å². The normalized spacial score (nSPS) is 11.9. The number of nitrogens with one attached hydrogen (secondary N) is 1. The summed E-state index contributed by atoms with van der Waals surface area (Å²) in [4.78, 5) is 52.7. The monoisotopic (exact) mass is 653 g/mol. The number of amides is 1. The Morgan fingerprint density at radius 3 is 2.02 bits per heavy atom. The molecular weight excluding hydrogens is 619 g/mol. The molecule has 0 unspecified atom stereocenters. The molecular formula is C33H34F3N5O6. The molecule has 11 nitrogen and oxygen atoms in total. The highest BCUT2D eigenvalue weighted by atomic mass is 19.4. The lowest BCUT2D eigenvalue weighted by molar-refractivity contribution is -0.154. The molecule has 0 radical (unpaired) electrons. The maximum atomic E-state index is 13.1. The summed E-state index contributed by atoms with van der Waals surface area (Å²) >= 11 is 0. The number of aromatic nitrogens is 3. The van der Waals surface area contributed by atoms with Gasteiger partial charge in [0.25, 0.3) is 5.91 Å². The lowest BCUT2D eigenvalue weighted by atomic mass is 10.1. The molecule has 2 aromatic carbocycles. The standard InChI is InChI=1S/C33H34F3N5O6/c1-31(2,3)46-27(42)18-41(19-28(43)47-32(4,5)6)30-37-16-15-26(40-30)45-25-14-13-22-23(11-8-12-24(22)39-25)29(44)38-21-10-7-9-20(17-21)33(34,35)36/h7-17H,18-19H2,1-6H3,(H,38,44). The number of rotatable bonds is 9. The zero-order chi connectivity index (χ0) is 34.6. The summed E-state index contributed by atoms with van der Waals surface area (Å²) in [5, 5.41) is 2.92. The Hall–Kier alpha value is -5.27. The number of hydrogen-bond acceptors (Lipinski definition) is 10. The number of ether oxygens (including phenoxy) is 3. The van der Waals surface area contributed by atoms with E-state index >= 15 is 0 Å². The van der Waals surface area contributed by atoms with Gasteiger partial charge in [0, 0.05) is 35.0 Å². The van der Waals surface area contributed by atoms with E-state index in [1.807, 2.05) is 0 Å². The predicted octanol–water partition coefficient (Wildman–Crippen LogP) is 6.58. The Labute approximate surface area is 269 Å². The average Bonchev–Trinajstić information content (AvgIpc) is 2.94. The fraction of sp³-hybridized carbons (Fsp3) is 0.333. The molecule has 0 spiro atoms. The Morgan fingerprint density at radius 1 is 0.787 bits per heavy atom. The molecule has 0 bridgehead atoms. The van der Waals surface area contributed by atoms with Gasteiger partial charge in [-0.15, -0.1) is 0 Å². The fourth-order valence-corrected chi connectivity index (χ4v) is 4.27. The largest absolute Gasteiger partial charge is 0.459 e. The highest BCUT2D eigenvalue weighted by Gasteiger charge is 2.30. The number of anilines is 2. The molecule has 0 atom stereocenters. The van der Waals surface area contributed by atoms with Gasteiger partial charge in [-0.2, -0.15) is 18.2 Å². The molecule has 2 heterocycles. The third kappa shape index (κ3) is 10.1. The van der Waals surface area contributed by atoms with Crippen LogP contribution in [0.3, 0.4) is 0 Å². The van der Waals surface area contributed by atoms with Crippen LogP contribution in [-0.4, -0.2) is 57.1 Å². The van der Waals surface area contributed by atoms with Gasteiger partial charge in [0.2, 0.25) is 17.7 Å². The van der Waals surface area contributed by atoms with Crippen LogP contribution >= 0.6 is 0 Å². The van der Waals surface area contributed by atoms with Crippen LogP contribution in [0, 0.1) is 0 Å². The van der Waals surface area contributed by atoms with E-state index in [2.05, 4.69) is 20.3 Å². The molecule has 1 amide bonds. The van der Waals surface area contributed by atoms with Crippen molar-refractivity contribution >= 4 is 40.4 Å². The van der Waals surface area contributed by atoms with Gasteiger partial charge < -0.3 is 24.4 Å². The maximum Gasteiger partial charge on any atom is 0.416 e. The van der Waals surface area contributed by atoms with Crippen LogP contribution < -0.4 is 15.0 Å². The second kappa shape index (κ2) is 13.6. The van der Waals surface area contributed by atoms with Crippen molar-refractivity contribution in [3.8, 4) is 11.8 Å². The Balaban J connectivity index is 1.55. The number of carbonyl (C=O) groups excluding carboxylic acids is 3. The lowest BCUT2D eigenvalue weighted by Crippen LogP contribution is -2.40. The molecule has 0 fully saturated rings. The van der Waals surface area contributed by atoms with Crippen LogP contribution in [0.5, 0.6) is 11.8 Å². The van der Waals surface area contributed by atoms with Crippen LogP contribution in [0.25, 0.3) is 10.9 Å². The maximum absolute atomic E-state index is 13.1. The number of carbonyl (C=O) groups is 3. The van der Waals surface area contributed by atoms with Gasteiger partial charge in [-0.25, -0.2) is 9.97 Å². The minimum absolute atomic E-state index is 0.00597. The van der Waals surface area contributed by atoms with Crippen LogP contribution in [0.4, 0.5) is 24.8 Å². The summed E-state index contributed by atoms with van der Waals surface area (Å²) in [5.74, 6) is -1.71. The second-order valence-corrected chi connectivity index (χ2v) is 12.4. The Bertz CT molecular complexity index is 1750. The van der Waals surface area contributed by atoms with Crippen molar-refractivity contribution in [3.63, 3.8) is 0 Å². The molecule has 248 valence electrons. The minimum Gasteiger partial charge on any atom is -0.459 e. The second-order valence-electron chi connectivity index (χ2n) is 12.4. The number of alkyl halides is 3. The average molecular weight is 654 g/mol. The molecule has 0 saturated heterocycles. The van der Waals surface area contributed by atoms with Crippen molar-refractivity contribution in [2.45, 2.75) is 58.9 Å². The molecule has 1 N–H and O–H groups in total. The smallest absolute Gasteiger partial charge is 0.416 e. The van der Waals surface area contributed by atoms with Gasteiger partial charge >= 0.3 is 18.1 Å². The molecule has 14 heteroatoms. The molecule has 2 aromatic heterocycles. The van der Waals surface area contributed by atoms with E-state index in [1.54, 1.807) is 59.7 Å². The first-order valence-electron chi connectivity index (χ1n) is 14.4.